The van der Waals surface area contributed by atoms with Crippen LogP contribution in [0.5, 0.6) is 0 Å². The third kappa shape index (κ3) is 3.70. The van der Waals surface area contributed by atoms with Crippen LogP contribution in [0.2, 0.25) is 0 Å². The number of aromatic nitrogens is 1. The van der Waals surface area contributed by atoms with Gasteiger partial charge in [-0.2, -0.15) is 0 Å². The SMILES string of the molecule is C#CCC(N)C(=O)Nc1ccc(Br)cn1. The Morgan fingerprint density at radius 1 is 1.73 bits per heavy atom. The molecule has 1 aromatic rings. The Labute approximate surface area is 96.4 Å². The van der Waals surface area contributed by atoms with Gasteiger partial charge >= 0.3 is 0 Å². The van der Waals surface area contributed by atoms with E-state index in [0.717, 1.165) is 4.47 Å². The highest BCUT2D eigenvalue weighted by atomic mass is 79.9. The summed E-state index contributed by atoms with van der Waals surface area (Å²) in [4.78, 5) is 15.4. The molecule has 0 aromatic carbocycles. The van der Waals surface area contributed by atoms with Gasteiger partial charge in [0.1, 0.15) is 5.82 Å². The first-order valence-electron chi connectivity index (χ1n) is 4.25. The first-order chi connectivity index (χ1) is 7.13. The summed E-state index contributed by atoms with van der Waals surface area (Å²) < 4.78 is 0.841. The smallest absolute Gasteiger partial charge is 0.243 e. The van der Waals surface area contributed by atoms with E-state index in [0.29, 0.717) is 5.82 Å². The number of carbonyl (C=O) groups excluding carboxylic acids is 1. The molecule has 0 bridgehead atoms. The first kappa shape index (κ1) is 11.7. The summed E-state index contributed by atoms with van der Waals surface area (Å²) in [6.07, 6.45) is 6.84. The number of amides is 1. The average molecular weight is 268 g/mol. The Balaban J connectivity index is 2.59. The average Bonchev–Trinajstić information content (AvgIpc) is 2.22. The van der Waals surface area contributed by atoms with Crippen molar-refractivity contribution in [1.29, 1.82) is 0 Å². The van der Waals surface area contributed by atoms with E-state index in [1.807, 2.05) is 0 Å². The van der Waals surface area contributed by atoms with Crippen LogP contribution in [0.4, 0.5) is 5.82 Å². The van der Waals surface area contributed by atoms with Gasteiger partial charge in [0.2, 0.25) is 5.91 Å². The minimum atomic E-state index is -0.694. The number of rotatable bonds is 3. The Bertz CT molecular complexity index is 383. The van der Waals surface area contributed by atoms with Crippen molar-refractivity contribution in [2.75, 3.05) is 5.32 Å². The maximum atomic E-state index is 11.4. The molecule has 1 atom stereocenters. The highest BCUT2D eigenvalue weighted by Gasteiger charge is 2.12. The molecule has 0 saturated heterocycles. The summed E-state index contributed by atoms with van der Waals surface area (Å²) in [5.74, 6) is 2.45. The lowest BCUT2D eigenvalue weighted by molar-refractivity contribution is -0.117. The number of terminal acetylenes is 1. The lowest BCUT2D eigenvalue weighted by Crippen LogP contribution is -2.35. The van der Waals surface area contributed by atoms with Crippen molar-refractivity contribution in [2.24, 2.45) is 5.73 Å². The van der Waals surface area contributed by atoms with Gasteiger partial charge in [0.05, 0.1) is 6.04 Å². The summed E-state index contributed by atoms with van der Waals surface area (Å²) in [6, 6.07) is 2.75. The molecule has 15 heavy (non-hydrogen) atoms. The Kier molecular flexibility index (Phi) is 4.28. The fourth-order valence-electron chi connectivity index (χ4n) is 0.888. The molecule has 1 aromatic heterocycles. The molecule has 0 spiro atoms. The Morgan fingerprint density at radius 2 is 2.47 bits per heavy atom. The molecule has 0 radical (unpaired) electrons. The number of hydrogen-bond acceptors (Lipinski definition) is 3. The van der Waals surface area contributed by atoms with E-state index in [1.165, 1.54) is 0 Å². The summed E-state index contributed by atoms with van der Waals surface area (Å²) in [6.45, 7) is 0. The summed E-state index contributed by atoms with van der Waals surface area (Å²) in [5.41, 5.74) is 5.51. The zero-order valence-corrected chi connectivity index (χ0v) is 9.49. The molecule has 3 N–H and O–H groups in total. The number of carbonyl (C=O) groups is 1. The standard InChI is InChI=1S/C10H10BrN3O/c1-2-3-8(12)10(15)14-9-5-4-7(11)6-13-9/h1,4-6,8H,3,12H2,(H,13,14,15). The molecule has 0 saturated carbocycles. The van der Waals surface area contributed by atoms with Crippen LogP contribution in [0.25, 0.3) is 0 Å². The van der Waals surface area contributed by atoms with Crippen molar-refractivity contribution in [3.63, 3.8) is 0 Å². The molecule has 1 rings (SSSR count). The lowest BCUT2D eigenvalue weighted by Gasteiger charge is -2.08. The predicted octanol–water partition coefficient (Wildman–Crippen LogP) is 1.13. The second-order valence-corrected chi connectivity index (χ2v) is 3.78. The van der Waals surface area contributed by atoms with E-state index >= 15 is 0 Å². The quantitative estimate of drug-likeness (QED) is 0.807. The van der Waals surface area contributed by atoms with Gasteiger partial charge in [-0.1, -0.05) is 0 Å². The molecule has 4 nitrogen and oxygen atoms in total. The van der Waals surface area contributed by atoms with Crippen molar-refractivity contribution < 1.29 is 4.79 Å². The van der Waals surface area contributed by atoms with Gasteiger partial charge in [0.15, 0.2) is 0 Å². The van der Waals surface area contributed by atoms with E-state index in [4.69, 9.17) is 12.2 Å². The molecule has 0 fully saturated rings. The summed E-state index contributed by atoms with van der Waals surface area (Å²) in [5, 5.41) is 2.56. The van der Waals surface area contributed by atoms with Gasteiger partial charge in [0.25, 0.3) is 0 Å². The van der Waals surface area contributed by atoms with Crippen molar-refractivity contribution in [1.82, 2.24) is 4.98 Å². The highest BCUT2D eigenvalue weighted by Crippen LogP contribution is 2.10. The van der Waals surface area contributed by atoms with Gasteiger partial charge in [-0.25, -0.2) is 4.98 Å². The largest absolute Gasteiger partial charge is 0.319 e. The number of pyridine rings is 1. The Morgan fingerprint density at radius 3 is 3.00 bits per heavy atom. The number of nitrogens with one attached hydrogen (secondary N) is 1. The van der Waals surface area contributed by atoms with Crippen LogP contribution in [0, 0.1) is 12.3 Å². The molecule has 1 unspecified atom stereocenters. The normalized spacial score (nSPS) is 11.5. The van der Waals surface area contributed by atoms with Crippen molar-refractivity contribution in [3.8, 4) is 12.3 Å². The third-order valence-corrected chi connectivity index (χ3v) is 2.12. The van der Waals surface area contributed by atoms with Crippen LogP contribution in [-0.4, -0.2) is 16.9 Å². The molecule has 5 heteroatoms. The Hall–Kier alpha value is -1.38. The number of hydrogen-bond donors (Lipinski definition) is 2. The van der Waals surface area contributed by atoms with Crippen LogP contribution >= 0.6 is 15.9 Å². The molecule has 0 aliphatic carbocycles. The number of halogens is 1. The van der Waals surface area contributed by atoms with Gasteiger partial charge < -0.3 is 11.1 Å². The number of nitrogens with zero attached hydrogens (tertiary/aromatic N) is 1. The second-order valence-electron chi connectivity index (χ2n) is 2.87. The molecule has 0 aliphatic rings. The minimum absolute atomic E-state index is 0.211. The fraction of sp³-hybridized carbons (Fsp3) is 0.200. The summed E-state index contributed by atoms with van der Waals surface area (Å²) in [7, 11) is 0. The predicted molar refractivity (Wildman–Crippen MR) is 62.0 cm³/mol. The van der Waals surface area contributed by atoms with Gasteiger partial charge in [-0.15, -0.1) is 12.3 Å². The van der Waals surface area contributed by atoms with Crippen molar-refractivity contribution in [2.45, 2.75) is 12.5 Å². The maximum absolute atomic E-state index is 11.4. The van der Waals surface area contributed by atoms with Gasteiger partial charge in [-0.05, 0) is 28.1 Å². The van der Waals surface area contributed by atoms with Gasteiger partial charge in [-0.3, -0.25) is 4.79 Å². The van der Waals surface area contributed by atoms with E-state index in [1.54, 1.807) is 18.3 Å². The van der Waals surface area contributed by atoms with E-state index in [-0.39, 0.29) is 12.3 Å². The molecule has 78 valence electrons. The van der Waals surface area contributed by atoms with E-state index < -0.39 is 6.04 Å². The second kappa shape index (κ2) is 5.49. The number of anilines is 1. The van der Waals surface area contributed by atoms with E-state index in [2.05, 4.69) is 32.2 Å². The van der Waals surface area contributed by atoms with Gasteiger partial charge in [0, 0.05) is 17.1 Å². The fourth-order valence-corrected chi connectivity index (χ4v) is 1.12. The monoisotopic (exact) mass is 267 g/mol. The molecular formula is C10H10BrN3O. The first-order valence-corrected chi connectivity index (χ1v) is 5.04. The summed E-state index contributed by atoms with van der Waals surface area (Å²) >= 11 is 3.24. The van der Waals surface area contributed by atoms with Crippen molar-refractivity contribution >= 4 is 27.7 Å². The molecule has 1 heterocycles. The van der Waals surface area contributed by atoms with Crippen LogP contribution < -0.4 is 11.1 Å². The molecule has 1 amide bonds. The van der Waals surface area contributed by atoms with Crippen LogP contribution in [0.3, 0.4) is 0 Å². The van der Waals surface area contributed by atoms with Crippen molar-refractivity contribution in [3.05, 3.63) is 22.8 Å². The van der Waals surface area contributed by atoms with Crippen LogP contribution in [0.1, 0.15) is 6.42 Å². The topological polar surface area (TPSA) is 68.0 Å². The molecular weight excluding hydrogens is 258 g/mol. The van der Waals surface area contributed by atoms with Crippen LogP contribution in [0.15, 0.2) is 22.8 Å². The third-order valence-electron chi connectivity index (χ3n) is 1.65. The zero-order valence-electron chi connectivity index (χ0n) is 7.90. The molecule has 0 aliphatic heterocycles. The zero-order chi connectivity index (χ0) is 11.3. The van der Waals surface area contributed by atoms with Crippen LogP contribution in [-0.2, 0) is 4.79 Å². The minimum Gasteiger partial charge on any atom is -0.319 e. The maximum Gasteiger partial charge on any atom is 0.243 e. The number of nitrogens with two attached hydrogens (primary N) is 1. The van der Waals surface area contributed by atoms with E-state index in [9.17, 15) is 4.79 Å². The highest BCUT2D eigenvalue weighted by molar-refractivity contribution is 9.10. The lowest BCUT2D eigenvalue weighted by atomic mass is 10.2.